The molecule has 0 aliphatic carbocycles. The third-order valence-corrected chi connectivity index (χ3v) is 3.85. The molecular formula is C12H15BrN2S. The predicted octanol–water partition coefficient (Wildman–Crippen LogP) is 3.91. The van der Waals surface area contributed by atoms with Crippen LogP contribution in [-0.4, -0.2) is 23.4 Å². The highest BCUT2D eigenvalue weighted by atomic mass is 79.9. The molecule has 0 spiro atoms. The SMILES string of the molecule is CCCN(CCBr)c1nc2ccccc2s1. The van der Waals surface area contributed by atoms with E-state index < -0.39 is 0 Å². The third-order valence-electron chi connectivity index (χ3n) is 2.40. The van der Waals surface area contributed by atoms with Gasteiger partial charge in [0.05, 0.1) is 10.2 Å². The molecule has 1 aromatic carbocycles. The first-order valence-corrected chi connectivity index (χ1v) is 7.45. The van der Waals surface area contributed by atoms with E-state index in [0.29, 0.717) is 0 Å². The summed E-state index contributed by atoms with van der Waals surface area (Å²) in [5, 5.41) is 2.13. The molecule has 0 N–H and O–H groups in total. The van der Waals surface area contributed by atoms with Gasteiger partial charge < -0.3 is 4.90 Å². The Morgan fingerprint density at radius 3 is 2.81 bits per heavy atom. The van der Waals surface area contributed by atoms with Crippen molar-refractivity contribution in [2.75, 3.05) is 23.3 Å². The molecule has 0 unspecified atom stereocenters. The number of para-hydroxylation sites is 1. The topological polar surface area (TPSA) is 16.1 Å². The fourth-order valence-corrected chi connectivity index (χ4v) is 3.12. The third kappa shape index (κ3) is 2.55. The fourth-order valence-electron chi connectivity index (χ4n) is 1.67. The highest BCUT2D eigenvalue weighted by molar-refractivity contribution is 9.09. The van der Waals surface area contributed by atoms with E-state index in [1.54, 1.807) is 11.3 Å². The Balaban J connectivity index is 2.29. The summed E-state index contributed by atoms with van der Waals surface area (Å²) in [6.07, 6.45) is 1.16. The Kier molecular flexibility index (Phi) is 4.18. The molecule has 0 amide bonds. The molecule has 0 radical (unpaired) electrons. The van der Waals surface area contributed by atoms with Gasteiger partial charge in [0.25, 0.3) is 0 Å². The van der Waals surface area contributed by atoms with Crippen LogP contribution < -0.4 is 4.90 Å². The van der Waals surface area contributed by atoms with Gasteiger partial charge >= 0.3 is 0 Å². The van der Waals surface area contributed by atoms with E-state index in [0.717, 1.165) is 35.5 Å². The molecule has 0 saturated heterocycles. The maximum absolute atomic E-state index is 4.67. The molecule has 2 nitrogen and oxygen atoms in total. The molecule has 16 heavy (non-hydrogen) atoms. The number of anilines is 1. The zero-order chi connectivity index (χ0) is 11.4. The Labute approximate surface area is 108 Å². The largest absolute Gasteiger partial charge is 0.347 e. The standard InChI is InChI=1S/C12H15BrN2S/c1-2-8-15(9-7-13)12-14-10-5-3-4-6-11(10)16-12/h3-6H,2,7-9H2,1H3. The van der Waals surface area contributed by atoms with Gasteiger partial charge in [-0.25, -0.2) is 4.98 Å². The summed E-state index contributed by atoms with van der Waals surface area (Å²) in [5.74, 6) is 0. The van der Waals surface area contributed by atoms with E-state index in [-0.39, 0.29) is 0 Å². The summed E-state index contributed by atoms with van der Waals surface area (Å²) in [6, 6.07) is 8.32. The van der Waals surface area contributed by atoms with E-state index >= 15 is 0 Å². The van der Waals surface area contributed by atoms with Gasteiger partial charge in [-0.2, -0.15) is 0 Å². The predicted molar refractivity (Wildman–Crippen MR) is 75.9 cm³/mol. The van der Waals surface area contributed by atoms with Crippen LogP contribution in [0.3, 0.4) is 0 Å². The van der Waals surface area contributed by atoms with E-state index in [1.807, 2.05) is 6.07 Å². The van der Waals surface area contributed by atoms with Crippen LogP contribution in [0, 0.1) is 0 Å². The number of alkyl halides is 1. The van der Waals surface area contributed by atoms with Crippen molar-refractivity contribution in [3.05, 3.63) is 24.3 Å². The van der Waals surface area contributed by atoms with Gasteiger partial charge in [-0.05, 0) is 18.6 Å². The van der Waals surface area contributed by atoms with Crippen molar-refractivity contribution in [1.29, 1.82) is 0 Å². The number of thiazole rings is 1. The van der Waals surface area contributed by atoms with Crippen LogP contribution in [0.2, 0.25) is 0 Å². The van der Waals surface area contributed by atoms with Crippen molar-refractivity contribution in [2.45, 2.75) is 13.3 Å². The molecule has 4 heteroatoms. The average molecular weight is 299 g/mol. The van der Waals surface area contributed by atoms with Crippen LogP contribution in [0.15, 0.2) is 24.3 Å². The smallest absolute Gasteiger partial charge is 0.186 e. The summed E-state index contributed by atoms with van der Waals surface area (Å²) in [5.41, 5.74) is 1.11. The number of aromatic nitrogens is 1. The lowest BCUT2D eigenvalue weighted by atomic mass is 10.3. The number of halogens is 1. The van der Waals surface area contributed by atoms with Crippen LogP contribution in [0.5, 0.6) is 0 Å². The summed E-state index contributed by atoms with van der Waals surface area (Å²) < 4.78 is 1.27. The van der Waals surface area contributed by atoms with Crippen molar-refractivity contribution in [3.63, 3.8) is 0 Å². The van der Waals surface area contributed by atoms with Crippen molar-refractivity contribution in [2.24, 2.45) is 0 Å². The normalized spacial score (nSPS) is 10.9. The molecule has 86 valence electrons. The van der Waals surface area contributed by atoms with E-state index in [9.17, 15) is 0 Å². The quantitative estimate of drug-likeness (QED) is 0.778. The summed E-state index contributed by atoms with van der Waals surface area (Å²) in [6.45, 7) is 4.30. The van der Waals surface area contributed by atoms with Crippen LogP contribution in [-0.2, 0) is 0 Å². The van der Waals surface area contributed by atoms with Crippen LogP contribution in [0.4, 0.5) is 5.13 Å². The maximum Gasteiger partial charge on any atom is 0.186 e. The minimum Gasteiger partial charge on any atom is -0.347 e. The van der Waals surface area contributed by atoms with Crippen LogP contribution in [0.25, 0.3) is 10.2 Å². The zero-order valence-electron chi connectivity index (χ0n) is 9.32. The molecule has 2 rings (SSSR count). The summed E-state index contributed by atoms with van der Waals surface area (Å²) in [4.78, 5) is 7.02. The minimum atomic E-state index is 0.989. The molecular weight excluding hydrogens is 284 g/mol. The Hall–Kier alpha value is -0.610. The number of hydrogen-bond acceptors (Lipinski definition) is 3. The first-order valence-electron chi connectivity index (χ1n) is 5.51. The Morgan fingerprint density at radius 2 is 2.12 bits per heavy atom. The molecule has 1 aromatic heterocycles. The highest BCUT2D eigenvalue weighted by Crippen LogP contribution is 2.28. The first kappa shape index (κ1) is 11.9. The molecule has 0 bridgehead atoms. The number of hydrogen-bond donors (Lipinski definition) is 0. The van der Waals surface area contributed by atoms with Gasteiger partial charge in [-0.3, -0.25) is 0 Å². The molecule has 1 heterocycles. The van der Waals surface area contributed by atoms with Gasteiger partial charge in [0.2, 0.25) is 0 Å². The van der Waals surface area contributed by atoms with Gasteiger partial charge in [-0.15, -0.1) is 0 Å². The fraction of sp³-hybridized carbons (Fsp3) is 0.417. The van der Waals surface area contributed by atoms with Gasteiger partial charge in [-0.1, -0.05) is 46.3 Å². The molecule has 0 aliphatic heterocycles. The number of rotatable bonds is 5. The zero-order valence-corrected chi connectivity index (χ0v) is 11.7. The summed E-state index contributed by atoms with van der Waals surface area (Å²) in [7, 11) is 0. The van der Waals surface area contributed by atoms with E-state index in [1.165, 1.54) is 4.70 Å². The second kappa shape index (κ2) is 5.64. The second-order valence-corrected chi connectivity index (χ2v) is 5.44. The Morgan fingerprint density at radius 1 is 1.31 bits per heavy atom. The highest BCUT2D eigenvalue weighted by Gasteiger charge is 2.10. The van der Waals surface area contributed by atoms with Crippen molar-refractivity contribution >= 4 is 42.6 Å². The van der Waals surface area contributed by atoms with Crippen LogP contribution >= 0.6 is 27.3 Å². The molecule has 0 atom stereocenters. The Bertz CT molecular complexity index is 416. The molecule has 0 aliphatic rings. The second-order valence-electron chi connectivity index (χ2n) is 3.64. The van der Waals surface area contributed by atoms with Crippen molar-refractivity contribution < 1.29 is 0 Å². The lowest BCUT2D eigenvalue weighted by molar-refractivity contribution is 0.795. The lowest BCUT2D eigenvalue weighted by Crippen LogP contribution is -2.25. The summed E-state index contributed by atoms with van der Waals surface area (Å²) >= 11 is 5.28. The van der Waals surface area contributed by atoms with E-state index in [2.05, 4.69) is 50.9 Å². The molecule has 0 saturated carbocycles. The monoisotopic (exact) mass is 298 g/mol. The number of benzene rings is 1. The van der Waals surface area contributed by atoms with Gasteiger partial charge in [0.15, 0.2) is 5.13 Å². The van der Waals surface area contributed by atoms with Crippen molar-refractivity contribution in [1.82, 2.24) is 4.98 Å². The van der Waals surface area contributed by atoms with E-state index in [4.69, 9.17) is 0 Å². The van der Waals surface area contributed by atoms with Crippen LogP contribution in [0.1, 0.15) is 13.3 Å². The number of nitrogens with zero attached hydrogens (tertiary/aromatic N) is 2. The maximum atomic E-state index is 4.67. The average Bonchev–Trinajstić information content (AvgIpc) is 2.72. The molecule has 0 fully saturated rings. The van der Waals surface area contributed by atoms with Gasteiger partial charge in [0, 0.05) is 18.4 Å². The number of fused-ring (bicyclic) bond motifs is 1. The molecule has 2 aromatic rings. The van der Waals surface area contributed by atoms with Crippen molar-refractivity contribution in [3.8, 4) is 0 Å². The first-order chi connectivity index (χ1) is 7.85. The minimum absolute atomic E-state index is 0.989. The lowest BCUT2D eigenvalue weighted by Gasteiger charge is -2.19. The van der Waals surface area contributed by atoms with Gasteiger partial charge in [0.1, 0.15) is 0 Å².